The Kier molecular flexibility index (Phi) is 7.31. The molecule has 0 atom stereocenters. The molecule has 0 radical (unpaired) electrons. The zero-order valence-electron chi connectivity index (χ0n) is 16.4. The Hall–Kier alpha value is -2.61. The summed E-state index contributed by atoms with van der Waals surface area (Å²) in [4.78, 5) is 7.92. The average molecular weight is 479 g/mol. The highest BCUT2D eigenvalue weighted by Gasteiger charge is 2.35. The fraction of sp³-hybridized carbons (Fsp3) is 0.273. The van der Waals surface area contributed by atoms with Crippen molar-refractivity contribution in [2.24, 2.45) is 0 Å². The maximum atomic E-state index is 13.4. The third kappa shape index (κ3) is 6.19. The van der Waals surface area contributed by atoms with Crippen LogP contribution in [-0.4, -0.2) is 9.97 Å². The Morgan fingerprint density at radius 2 is 1.53 bits per heavy atom. The summed E-state index contributed by atoms with van der Waals surface area (Å²) in [7, 11) is 0. The van der Waals surface area contributed by atoms with Gasteiger partial charge >= 0.3 is 6.18 Å². The maximum absolute atomic E-state index is 13.4. The second-order valence-corrected chi connectivity index (χ2v) is 7.78. The summed E-state index contributed by atoms with van der Waals surface area (Å²) in [5, 5.41) is 5.71. The number of alkyl halides is 3. The van der Waals surface area contributed by atoms with Gasteiger partial charge in [-0.3, -0.25) is 0 Å². The second-order valence-electron chi connectivity index (χ2n) is 6.86. The average Bonchev–Trinajstić information content (AvgIpc) is 2.70. The summed E-state index contributed by atoms with van der Waals surface area (Å²) in [6.45, 7) is 2.16. The minimum absolute atomic E-state index is 0.0846. The SMILES string of the molecule is CCCCCc1ccc(Nc2ncc(C(F)(F)F)c(Nc3ccc(Br)cc3)n2)cc1. The highest BCUT2D eigenvalue weighted by molar-refractivity contribution is 9.10. The number of hydrogen-bond acceptors (Lipinski definition) is 4. The van der Waals surface area contributed by atoms with Crippen LogP contribution in [-0.2, 0) is 12.6 Å². The third-order valence-electron chi connectivity index (χ3n) is 4.48. The molecule has 0 unspecified atom stereocenters. The van der Waals surface area contributed by atoms with Crippen molar-refractivity contribution in [2.75, 3.05) is 10.6 Å². The van der Waals surface area contributed by atoms with Crippen molar-refractivity contribution in [3.8, 4) is 0 Å². The smallest absolute Gasteiger partial charge is 0.340 e. The second kappa shape index (κ2) is 9.93. The summed E-state index contributed by atoms with van der Waals surface area (Å²) in [5.41, 5.74) is 1.50. The van der Waals surface area contributed by atoms with E-state index >= 15 is 0 Å². The van der Waals surface area contributed by atoms with Gasteiger partial charge in [0, 0.05) is 22.0 Å². The van der Waals surface area contributed by atoms with Crippen LogP contribution in [0.25, 0.3) is 0 Å². The molecule has 2 N–H and O–H groups in total. The van der Waals surface area contributed by atoms with E-state index in [4.69, 9.17) is 0 Å². The van der Waals surface area contributed by atoms with Crippen molar-refractivity contribution in [3.05, 3.63) is 70.3 Å². The lowest BCUT2D eigenvalue weighted by atomic mass is 10.1. The van der Waals surface area contributed by atoms with Gasteiger partial charge in [-0.1, -0.05) is 47.8 Å². The molecular weight excluding hydrogens is 457 g/mol. The lowest BCUT2D eigenvalue weighted by Gasteiger charge is -2.15. The van der Waals surface area contributed by atoms with E-state index in [1.54, 1.807) is 24.3 Å². The molecule has 0 saturated carbocycles. The molecule has 4 nitrogen and oxygen atoms in total. The van der Waals surface area contributed by atoms with E-state index in [9.17, 15) is 13.2 Å². The molecule has 0 fully saturated rings. The van der Waals surface area contributed by atoms with Crippen LogP contribution >= 0.6 is 15.9 Å². The van der Waals surface area contributed by atoms with Crippen molar-refractivity contribution in [1.29, 1.82) is 0 Å². The minimum Gasteiger partial charge on any atom is -0.340 e. The fourth-order valence-corrected chi connectivity index (χ4v) is 3.14. The van der Waals surface area contributed by atoms with Crippen LogP contribution in [0.2, 0.25) is 0 Å². The van der Waals surface area contributed by atoms with E-state index < -0.39 is 11.7 Å². The zero-order chi connectivity index (χ0) is 21.6. The fourth-order valence-electron chi connectivity index (χ4n) is 2.88. The first kappa shape index (κ1) is 22.1. The Morgan fingerprint density at radius 1 is 0.900 bits per heavy atom. The topological polar surface area (TPSA) is 49.8 Å². The first-order chi connectivity index (χ1) is 14.3. The van der Waals surface area contributed by atoms with Gasteiger partial charge in [0.1, 0.15) is 11.4 Å². The molecule has 0 saturated heterocycles. The van der Waals surface area contributed by atoms with Crippen LogP contribution < -0.4 is 10.6 Å². The number of benzene rings is 2. The first-order valence-electron chi connectivity index (χ1n) is 9.68. The summed E-state index contributed by atoms with van der Waals surface area (Å²) in [5.74, 6) is -0.222. The van der Waals surface area contributed by atoms with Crippen LogP contribution in [0, 0.1) is 0 Å². The van der Waals surface area contributed by atoms with Gasteiger partial charge in [-0.25, -0.2) is 4.98 Å². The van der Waals surface area contributed by atoms with Crippen molar-refractivity contribution in [2.45, 2.75) is 38.8 Å². The van der Waals surface area contributed by atoms with Gasteiger partial charge in [-0.15, -0.1) is 0 Å². The normalized spacial score (nSPS) is 11.4. The highest BCUT2D eigenvalue weighted by Crippen LogP contribution is 2.35. The number of unbranched alkanes of at least 4 members (excludes halogenated alkanes) is 2. The Balaban J connectivity index is 1.79. The highest BCUT2D eigenvalue weighted by atomic mass is 79.9. The third-order valence-corrected chi connectivity index (χ3v) is 5.01. The van der Waals surface area contributed by atoms with E-state index in [1.165, 1.54) is 18.4 Å². The van der Waals surface area contributed by atoms with Gasteiger partial charge in [-0.2, -0.15) is 18.2 Å². The van der Waals surface area contributed by atoms with Crippen LogP contribution in [0.5, 0.6) is 0 Å². The molecule has 2 aromatic carbocycles. The number of aryl methyl sites for hydroxylation is 1. The largest absolute Gasteiger partial charge is 0.421 e. The van der Waals surface area contributed by atoms with E-state index in [0.717, 1.165) is 23.5 Å². The molecule has 0 spiro atoms. The number of rotatable bonds is 8. The zero-order valence-corrected chi connectivity index (χ0v) is 18.0. The molecule has 1 heterocycles. The lowest BCUT2D eigenvalue weighted by Crippen LogP contribution is -2.12. The van der Waals surface area contributed by atoms with E-state index in [2.05, 4.69) is 43.5 Å². The maximum Gasteiger partial charge on any atom is 0.421 e. The predicted molar refractivity (Wildman–Crippen MR) is 117 cm³/mol. The van der Waals surface area contributed by atoms with Crippen molar-refractivity contribution in [1.82, 2.24) is 9.97 Å². The van der Waals surface area contributed by atoms with Gasteiger partial charge in [0.15, 0.2) is 0 Å². The van der Waals surface area contributed by atoms with E-state index in [1.807, 2.05) is 24.3 Å². The van der Waals surface area contributed by atoms with E-state index in [0.29, 0.717) is 11.4 Å². The van der Waals surface area contributed by atoms with Crippen LogP contribution in [0.15, 0.2) is 59.2 Å². The van der Waals surface area contributed by atoms with Gasteiger partial charge in [-0.05, 0) is 54.8 Å². The molecule has 3 aromatic rings. The molecule has 0 amide bonds. The summed E-state index contributed by atoms with van der Waals surface area (Å²) >= 11 is 3.30. The minimum atomic E-state index is -4.57. The summed E-state index contributed by atoms with van der Waals surface area (Å²) < 4.78 is 41.0. The molecule has 158 valence electrons. The standard InChI is InChI=1S/C22H22BrF3N4/c1-2-3-4-5-15-6-10-18(11-7-15)29-21-27-14-19(22(24,25)26)20(30-21)28-17-12-8-16(23)9-13-17/h6-14H,2-5H2,1H3,(H2,27,28,29,30). The van der Waals surface area contributed by atoms with Crippen LogP contribution in [0.1, 0.15) is 37.3 Å². The van der Waals surface area contributed by atoms with E-state index in [-0.39, 0.29) is 11.8 Å². The number of halogens is 4. The monoisotopic (exact) mass is 478 g/mol. The molecule has 0 aliphatic rings. The van der Waals surface area contributed by atoms with Gasteiger partial charge < -0.3 is 10.6 Å². The Labute approximate surface area is 182 Å². The molecular formula is C22H22BrF3N4. The summed E-state index contributed by atoms with van der Waals surface area (Å²) in [6.07, 6.45) is 0.712. The number of nitrogens with zero attached hydrogens (tertiary/aromatic N) is 2. The first-order valence-corrected chi connectivity index (χ1v) is 10.5. The molecule has 0 aliphatic heterocycles. The number of aromatic nitrogens is 2. The Morgan fingerprint density at radius 3 is 2.17 bits per heavy atom. The molecule has 0 bridgehead atoms. The quantitative estimate of drug-likeness (QED) is 0.329. The number of hydrogen-bond donors (Lipinski definition) is 2. The van der Waals surface area contributed by atoms with Crippen molar-refractivity contribution < 1.29 is 13.2 Å². The lowest BCUT2D eigenvalue weighted by molar-refractivity contribution is -0.137. The number of anilines is 4. The molecule has 1 aromatic heterocycles. The van der Waals surface area contributed by atoms with Gasteiger partial charge in [0.25, 0.3) is 0 Å². The van der Waals surface area contributed by atoms with Crippen LogP contribution in [0.4, 0.5) is 36.3 Å². The number of nitrogens with one attached hydrogen (secondary N) is 2. The molecule has 8 heteroatoms. The predicted octanol–water partition coefficient (Wildman–Crippen LogP) is 7.48. The van der Waals surface area contributed by atoms with Gasteiger partial charge in [0.2, 0.25) is 5.95 Å². The summed E-state index contributed by atoms with van der Waals surface area (Å²) in [6, 6.07) is 14.6. The van der Waals surface area contributed by atoms with Crippen molar-refractivity contribution in [3.63, 3.8) is 0 Å². The molecule has 0 aliphatic carbocycles. The van der Waals surface area contributed by atoms with Gasteiger partial charge in [0.05, 0.1) is 0 Å². The van der Waals surface area contributed by atoms with Crippen LogP contribution in [0.3, 0.4) is 0 Å². The molecule has 30 heavy (non-hydrogen) atoms. The Bertz CT molecular complexity index is 958. The molecule has 3 rings (SSSR count). The van der Waals surface area contributed by atoms with Crippen molar-refractivity contribution >= 4 is 39.1 Å².